The van der Waals surface area contributed by atoms with Gasteiger partial charge >= 0.3 is 5.97 Å². The molecule has 130 valence electrons. The van der Waals surface area contributed by atoms with Crippen molar-refractivity contribution in [1.82, 2.24) is 5.32 Å². The zero-order valence-electron chi connectivity index (χ0n) is 13.6. The SMILES string of the molecule is COC(=O)C(NC(=O)c1cc([N+](=O)[O-])cc([N+](=O)[O-])c1)C(C)(C)C. The van der Waals surface area contributed by atoms with Gasteiger partial charge in [0.2, 0.25) is 0 Å². The number of ether oxygens (including phenoxy) is 1. The van der Waals surface area contributed by atoms with Crippen molar-refractivity contribution in [3.8, 4) is 0 Å². The van der Waals surface area contributed by atoms with Gasteiger partial charge in [0.05, 0.1) is 28.6 Å². The van der Waals surface area contributed by atoms with Gasteiger partial charge in [0, 0.05) is 12.1 Å². The number of esters is 1. The molecule has 0 radical (unpaired) electrons. The molecule has 1 aromatic rings. The summed E-state index contributed by atoms with van der Waals surface area (Å²) in [7, 11) is 1.16. The number of nitrogens with one attached hydrogen (secondary N) is 1. The maximum Gasteiger partial charge on any atom is 0.328 e. The van der Waals surface area contributed by atoms with E-state index in [4.69, 9.17) is 0 Å². The molecule has 0 aromatic heterocycles. The summed E-state index contributed by atoms with van der Waals surface area (Å²) < 4.78 is 4.63. The van der Waals surface area contributed by atoms with Gasteiger partial charge in [-0.3, -0.25) is 25.0 Å². The number of non-ortho nitro benzene ring substituents is 2. The molecule has 1 amide bonds. The Balaban J connectivity index is 3.24. The lowest BCUT2D eigenvalue weighted by Gasteiger charge is -2.28. The molecule has 10 nitrogen and oxygen atoms in total. The van der Waals surface area contributed by atoms with E-state index in [1.807, 2.05) is 0 Å². The topological polar surface area (TPSA) is 142 Å². The molecule has 10 heteroatoms. The van der Waals surface area contributed by atoms with Crippen molar-refractivity contribution in [2.45, 2.75) is 26.8 Å². The first-order chi connectivity index (χ1) is 11.0. The summed E-state index contributed by atoms with van der Waals surface area (Å²) in [5, 5.41) is 24.1. The van der Waals surface area contributed by atoms with Crippen molar-refractivity contribution in [3.05, 3.63) is 44.0 Å². The summed E-state index contributed by atoms with van der Waals surface area (Å²) in [5.74, 6) is -1.55. The summed E-state index contributed by atoms with van der Waals surface area (Å²) in [5.41, 5.74) is -2.19. The Morgan fingerprint density at radius 2 is 1.54 bits per heavy atom. The molecule has 0 saturated carbocycles. The van der Waals surface area contributed by atoms with Gasteiger partial charge in [-0.05, 0) is 5.41 Å². The molecule has 0 aliphatic heterocycles. The van der Waals surface area contributed by atoms with E-state index in [0.717, 1.165) is 25.3 Å². The average Bonchev–Trinajstić information content (AvgIpc) is 2.49. The van der Waals surface area contributed by atoms with E-state index >= 15 is 0 Å². The fourth-order valence-corrected chi connectivity index (χ4v) is 1.90. The molecule has 0 spiro atoms. The van der Waals surface area contributed by atoms with Crippen LogP contribution in [0.15, 0.2) is 18.2 Å². The molecule has 1 rings (SSSR count). The highest BCUT2D eigenvalue weighted by molar-refractivity contribution is 5.98. The standard InChI is InChI=1S/C14H17N3O7/c1-14(2,3)11(13(19)24-4)15-12(18)8-5-9(16(20)21)7-10(6-8)17(22)23/h5-7,11H,1-4H3,(H,15,18). The average molecular weight is 339 g/mol. The molecule has 1 aromatic carbocycles. The first kappa shape index (κ1) is 19.0. The first-order valence-electron chi connectivity index (χ1n) is 6.80. The molecule has 1 atom stereocenters. The number of benzene rings is 1. The molecule has 1 N–H and O–H groups in total. The van der Waals surface area contributed by atoms with Crippen LogP contribution in [0.25, 0.3) is 0 Å². The summed E-state index contributed by atoms with van der Waals surface area (Å²) in [6.07, 6.45) is 0. The van der Waals surface area contributed by atoms with E-state index in [9.17, 15) is 29.8 Å². The van der Waals surface area contributed by atoms with Crippen LogP contribution in [0.1, 0.15) is 31.1 Å². The molecule has 0 aliphatic rings. The van der Waals surface area contributed by atoms with E-state index in [0.29, 0.717) is 0 Å². The van der Waals surface area contributed by atoms with E-state index < -0.39 is 44.6 Å². The monoisotopic (exact) mass is 339 g/mol. The summed E-state index contributed by atoms with van der Waals surface area (Å²) in [6, 6.07) is 1.52. The third kappa shape index (κ3) is 4.48. The lowest BCUT2D eigenvalue weighted by atomic mass is 9.86. The van der Waals surface area contributed by atoms with Crippen molar-refractivity contribution in [2.75, 3.05) is 7.11 Å². The Hall–Kier alpha value is -3.04. The van der Waals surface area contributed by atoms with E-state index in [1.165, 1.54) is 0 Å². The Bertz CT molecular complexity index is 662. The molecule has 0 aliphatic carbocycles. The number of nitrogens with zero attached hydrogens (tertiary/aromatic N) is 2. The summed E-state index contributed by atoms with van der Waals surface area (Å²) in [4.78, 5) is 44.2. The zero-order chi connectivity index (χ0) is 18.7. The van der Waals surface area contributed by atoms with Gasteiger partial charge in [-0.1, -0.05) is 20.8 Å². The second-order valence-corrected chi connectivity index (χ2v) is 6.05. The van der Waals surface area contributed by atoms with Crippen molar-refractivity contribution >= 4 is 23.3 Å². The highest BCUT2D eigenvalue weighted by Crippen LogP contribution is 2.24. The largest absolute Gasteiger partial charge is 0.467 e. The molecule has 1 unspecified atom stereocenters. The predicted octanol–water partition coefficient (Wildman–Crippen LogP) is 1.82. The van der Waals surface area contributed by atoms with Crippen LogP contribution in [0.3, 0.4) is 0 Å². The van der Waals surface area contributed by atoms with Gasteiger partial charge < -0.3 is 10.1 Å². The number of nitro groups is 2. The number of rotatable bonds is 5. The number of hydrogen-bond acceptors (Lipinski definition) is 7. The minimum atomic E-state index is -1.03. The normalized spacial score (nSPS) is 12.2. The van der Waals surface area contributed by atoms with Crippen molar-refractivity contribution < 1.29 is 24.2 Å². The van der Waals surface area contributed by atoms with Gasteiger partial charge in [0.1, 0.15) is 6.04 Å². The van der Waals surface area contributed by atoms with Gasteiger partial charge in [-0.2, -0.15) is 0 Å². The van der Waals surface area contributed by atoms with Crippen LogP contribution in [0.5, 0.6) is 0 Å². The lowest BCUT2D eigenvalue weighted by molar-refractivity contribution is -0.394. The van der Waals surface area contributed by atoms with Crippen molar-refractivity contribution in [3.63, 3.8) is 0 Å². The predicted molar refractivity (Wildman–Crippen MR) is 82.5 cm³/mol. The number of carbonyl (C=O) groups is 2. The number of hydrogen-bond donors (Lipinski definition) is 1. The van der Waals surface area contributed by atoms with Gasteiger partial charge in [0.25, 0.3) is 17.3 Å². The maximum absolute atomic E-state index is 12.3. The van der Waals surface area contributed by atoms with Crippen LogP contribution >= 0.6 is 0 Å². The molecule has 0 bridgehead atoms. The van der Waals surface area contributed by atoms with Crippen LogP contribution < -0.4 is 5.32 Å². The van der Waals surface area contributed by atoms with Crippen LogP contribution in [0, 0.1) is 25.6 Å². The Labute approximate surface area is 137 Å². The van der Waals surface area contributed by atoms with Crippen molar-refractivity contribution in [2.24, 2.45) is 5.41 Å². The van der Waals surface area contributed by atoms with Crippen LogP contribution in [0.4, 0.5) is 11.4 Å². The molecular weight excluding hydrogens is 322 g/mol. The second-order valence-electron chi connectivity index (χ2n) is 6.05. The van der Waals surface area contributed by atoms with Crippen LogP contribution in [-0.2, 0) is 9.53 Å². The number of nitro benzene ring substituents is 2. The summed E-state index contributed by atoms with van der Waals surface area (Å²) in [6.45, 7) is 5.06. The highest BCUT2D eigenvalue weighted by atomic mass is 16.6. The van der Waals surface area contributed by atoms with Gasteiger partial charge in [0.15, 0.2) is 0 Å². The number of methoxy groups -OCH3 is 1. The van der Waals surface area contributed by atoms with Crippen molar-refractivity contribution in [1.29, 1.82) is 0 Å². The minimum Gasteiger partial charge on any atom is -0.467 e. The third-order valence-electron chi connectivity index (χ3n) is 3.16. The Morgan fingerprint density at radius 1 is 1.08 bits per heavy atom. The molecule has 24 heavy (non-hydrogen) atoms. The fraction of sp³-hybridized carbons (Fsp3) is 0.429. The Morgan fingerprint density at radius 3 is 1.88 bits per heavy atom. The van der Waals surface area contributed by atoms with Gasteiger partial charge in [-0.15, -0.1) is 0 Å². The zero-order valence-corrected chi connectivity index (χ0v) is 13.6. The van der Waals surface area contributed by atoms with E-state index in [1.54, 1.807) is 20.8 Å². The maximum atomic E-state index is 12.3. The lowest BCUT2D eigenvalue weighted by Crippen LogP contribution is -2.49. The number of carbonyl (C=O) groups excluding carboxylic acids is 2. The minimum absolute atomic E-state index is 0.297. The van der Waals surface area contributed by atoms with E-state index in [2.05, 4.69) is 10.1 Å². The second kappa shape index (κ2) is 7.02. The highest BCUT2D eigenvalue weighted by Gasteiger charge is 2.34. The summed E-state index contributed by atoms with van der Waals surface area (Å²) >= 11 is 0. The number of amides is 1. The molecule has 0 heterocycles. The molecule has 0 fully saturated rings. The smallest absolute Gasteiger partial charge is 0.328 e. The van der Waals surface area contributed by atoms with E-state index in [-0.39, 0.29) is 5.56 Å². The molecule has 0 saturated heterocycles. The van der Waals surface area contributed by atoms with Gasteiger partial charge in [-0.25, -0.2) is 4.79 Å². The third-order valence-corrected chi connectivity index (χ3v) is 3.16. The Kier molecular flexibility index (Phi) is 5.56. The molecular formula is C14H17N3O7. The van der Waals surface area contributed by atoms with Crippen LogP contribution in [-0.4, -0.2) is 34.9 Å². The first-order valence-corrected chi connectivity index (χ1v) is 6.80. The quantitative estimate of drug-likeness (QED) is 0.489. The fourth-order valence-electron chi connectivity index (χ4n) is 1.90. The van der Waals surface area contributed by atoms with Crippen LogP contribution in [0.2, 0.25) is 0 Å².